The fraction of sp³-hybridized carbons (Fsp3) is 0.632. The highest BCUT2D eigenvalue weighted by molar-refractivity contribution is 5.74. The van der Waals surface area contributed by atoms with Gasteiger partial charge in [0.15, 0.2) is 0 Å². The first kappa shape index (κ1) is 17.2. The van der Waals surface area contributed by atoms with Crippen molar-refractivity contribution >= 4 is 6.03 Å². The Labute approximate surface area is 145 Å². The molecule has 2 saturated heterocycles. The lowest BCUT2D eigenvalue weighted by atomic mass is 10.1. The molecule has 0 spiro atoms. The number of hydrogen-bond acceptors (Lipinski definition) is 3. The SMILES string of the molecule is C[C@@H]1CN(C(=O)NCc2ccccc2CN2CCCC2)C[C@@H](C)O1. The maximum absolute atomic E-state index is 12.5. The van der Waals surface area contributed by atoms with Gasteiger partial charge < -0.3 is 15.0 Å². The molecule has 132 valence electrons. The normalized spacial score (nSPS) is 25.0. The van der Waals surface area contributed by atoms with Gasteiger partial charge in [-0.25, -0.2) is 4.79 Å². The first-order valence-electron chi connectivity index (χ1n) is 9.09. The molecule has 0 bridgehead atoms. The summed E-state index contributed by atoms with van der Waals surface area (Å²) in [5, 5.41) is 3.09. The zero-order valence-electron chi connectivity index (χ0n) is 14.8. The summed E-state index contributed by atoms with van der Waals surface area (Å²) >= 11 is 0. The number of carbonyl (C=O) groups is 1. The molecule has 24 heavy (non-hydrogen) atoms. The van der Waals surface area contributed by atoms with Crippen LogP contribution < -0.4 is 5.32 Å². The minimum atomic E-state index is 0.00738. The number of morpholine rings is 1. The van der Waals surface area contributed by atoms with E-state index in [1.807, 2.05) is 24.8 Å². The molecule has 0 saturated carbocycles. The standard InChI is InChI=1S/C19H29N3O2/c1-15-12-22(13-16(2)24-15)19(23)20-11-17-7-3-4-8-18(17)14-21-9-5-6-10-21/h3-4,7-8,15-16H,5-6,9-14H2,1-2H3,(H,20,23)/t15-,16-/m1/s1. The van der Waals surface area contributed by atoms with E-state index in [2.05, 4.69) is 28.4 Å². The Balaban J connectivity index is 1.56. The molecule has 0 radical (unpaired) electrons. The fourth-order valence-corrected chi connectivity index (χ4v) is 3.69. The van der Waals surface area contributed by atoms with Crippen LogP contribution in [0, 0.1) is 0 Å². The molecular formula is C19H29N3O2. The van der Waals surface area contributed by atoms with E-state index >= 15 is 0 Å². The molecule has 2 atom stereocenters. The Bertz CT molecular complexity index is 547. The van der Waals surface area contributed by atoms with Gasteiger partial charge in [0.1, 0.15) is 0 Å². The van der Waals surface area contributed by atoms with Crippen LogP contribution in [0.5, 0.6) is 0 Å². The van der Waals surface area contributed by atoms with Crippen LogP contribution in [0.3, 0.4) is 0 Å². The van der Waals surface area contributed by atoms with Gasteiger partial charge in [-0.15, -0.1) is 0 Å². The smallest absolute Gasteiger partial charge is 0.317 e. The van der Waals surface area contributed by atoms with E-state index in [1.54, 1.807) is 0 Å². The average molecular weight is 331 g/mol. The minimum absolute atomic E-state index is 0.00738. The van der Waals surface area contributed by atoms with Gasteiger partial charge in [-0.05, 0) is 50.9 Å². The van der Waals surface area contributed by atoms with Crippen molar-refractivity contribution in [1.82, 2.24) is 15.1 Å². The summed E-state index contributed by atoms with van der Waals surface area (Å²) < 4.78 is 5.70. The molecule has 0 unspecified atom stereocenters. The summed E-state index contributed by atoms with van der Waals surface area (Å²) in [6, 6.07) is 8.44. The largest absolute Gasteiger partial charge is 0.372 e. The lowest BCUT2D eigenvalue weighted by Crippen LogP contribution is -2.51. The highest BCUT2D eigenvalue weighted by Gasteiger charge is 2.25. The molecule has 2 fully saturated rings. The molecule has 3 rings (SSSR count). The van der Waals surface area contributed by atoms with Crippen LogP contribution >= 0.6 is 0 Å². The Hall–Kier alpha value is -1.59. The Kier molecular flexibility index (Phi) is 5.74. The van der Waals surface area contributed by atoms with Crippen molar-refractivity contribution in [3.8, 4) is 0 Å². The number of amides is 2. The quantitative estimate of drug-likeness (QED) is 0.922. The topological polar surface area (TPSA) is 44.8 Å². The second kappa shape index (κ2) is 7.99. The Morgan fingerprint density at radius 3 is 2.42 bits per heavy atom. The highest BCUT2D eigenvalue weighted by Crippen LogP contribution is 2.16. The van der Waals surface area contributed by atoms with Crippen LogP contribution in [0.4, 0.5) is 4.79 Å². The zero-order valence-corrected chi connectivity index (χ0v) is 14.8. The number of hydrogen-bond donors (Lipinski definition) is 1. The van der Waals surface area contributed by atoms with Gasteiger partial charge in [-0.3, -0.25) is 4.90 Å². The van der Waals surface area contributed by atoms with Crippen LogP contribution in [0.25, 0.3) is 0 Å². The summed E-state index contributed by atoms with van der Waals surface area (Å²) in [6.45, 7) is 9.29. The molecule has 2 amide bonds. The molecule has 5 nitrogen and oxygen atoms in total. The van der Waals surface area contributed by atoms with Crippen LogP contribution in [0.15, 0.2) is 24.3 Å². The van der Waals surface area contributed by atoms with Crippen molar-refractivity contribution in [2.45, 2.75) is 52.0 Å². The summed E-state index contributed by atoms with van der Waals surface area (Å²) in [6.07, 6.45) is 2.79. The maximum Gasteiger partial charge on any atom is 0.317 e. The first-order chi connectivity index (χ1) is 11.6. The highest BCUT2D eigenvalue weighted by atomic mass is 16.5. The predicted octanol–water partition coefficient (Wildman–Crippen LogP) is 2.60. The van der Waals surface area contributed by atoms with Crippen molar-refractivity contribution in [1.29, 1.82) is 0 Å². The van der Waals surface area contributed by atoms with E-state index in [-0.39, 0.29) is 18.2 Å². The number of benzene rings is 1. The number of likely N-dealkylation sites (tertiary alicyclic amines) is 1. The third kappa shape index (κ3) is 4.48. The van der Waals surface area contributed by atoms with Crippen LogP contribution in [-0.4, -0.2) is 54.2 Å². The van der Waals surface area contributed by atoms with Crippen molar-refractivity contribution in [2.24, 2.45) is 0 Å². The summed E-state index contributed by atoms with van der Waals surface area (Å²) in [7, 11) is 0. The van der Waals surface area contributed by atoms with Crippen molar-refractivity contribution in [3.63, 3.8) is 0 Å². The zero-order chi connectivity index (χ0) is 16.9. The Morgan fingerprint density at radius 2 is 1.75 bits per heavy atom. The third-order valence-corrected chi connectivity index (χ3v) is 4.85. The maximum atomic E-state index is 12.5. The summed E-state index contributed by atoms with van der Waals surface area (Å²) in [5.41, 5.74) is 2.54. The van der Waals surface area contributed by atoms with Gasteiger partial charge in [0.25, 0.3) is 0 Å². The van der Waals surface area contributed by atoms with Gasteiger partial charge in [-0.1, -0.05) is 24.3 Å². The van der Waals surface area contributed by atoms with Gasteiger partial charge in [0, 0.05) is 26.2 Å². The second-order valence-electron chi connectivity index (χ2n) is 7.07. The van der Waals surface area contributed by atoms with Gasteiger partial charge in [0.2, 0.25) is 0 Å². The second-order valence-corrected chi connectivity index (χ2v) is 7.07. The minimum Gasteiger partial charge on any atom is -0.372 e. The van der Waals surface area contributed by atoms with E-state index in [1.165, 1.54) is 37.1 Å². The number of rotatable bonds is 4. The summed E-state index contributed by atoms with van der Waals surface area (Å²) in [4.78, 5) is 16.8. The summed E-state index contributed by atoms with van der Waals surface area (Å²) in [5.74, 6) is 0. The van der Waals surface area contributed by atoms with E-state index in [0.29, 0.717) is 19.6 Å². The molecular weight excluding hydrogens is 302 g/mol. The van der Waals surface area contributed by atoms with Crippen LogP contribution in [0.1, 0.15) is 37.8 Å². The van der Waals surface area contributed by atoms with Crippen molar-refractivity contribution < 1.29 is 9.53 Å². The first-order valence-corrected chi connectivity index (χ1v) is 9.09. The number of nitrogens with zero attached hydrogens (tertiary/aromatic N) is 2. The molecule has 0 aliphatic carbocycles. The lowest BCUT2D eigenvalue weighted by Gasteiger charge is -2.35. The molecule has 2 aliphatic rings. The molecule has 2 aliphatic heterocycles. The monoisotopic (exact) mass is 331 g/mol. The molecule has 1 N–H and O–H groups in total. The van der Waals surface area contributed by atoms with Crippen molar-refractivity contribution in [3.05, 3.63) is 35.4 Å². The number of nitrogens with one attached hydrogen (secondary N) is 1. The fourth-order valence-electron chi connectivity index (χ4n) is 3.69. The average Bonchev–Trinajstić information content (AvgIpc) is 3.06. The Morgan fingerprint density at radius 1 is 1.12 bits per heavy atom. The predicted molar refractivity (Wildman–Crippen MR) is 94.8 cm³/mol. The van der Waals surface area contributed by atoms with E-state index in [4.69, 9.17) is 4.74 Å². The van der Waals surface area contributed by atoms with E-state index in [0.717, 1.165) is 6.54 Å². The van der Waals surface area contributed by atoms with Gasteiger partial charge in [0.05, 0.1) is 12.2 Å². The number of ether oxygens (including phenoxy) is 1. The van der Waals surface area contributed by atoms with Gasteiger partial charge in [-0.2, -0.15) is 0 Å². The molecule has 0 aromatic heterocycles. The van der Waals surface area contributed by atoms with Crippen LogP contribution in [-0.2, 0) is 17.8 Å². The van der Waals surface area contributed by atoms with E-state index < -0.39 is 0 Å². The number of carbonyl (C=O) groups excluding carboxylic acids is 1. The number of urea groups is 1. The molecule has 1 aromatic carbocycles. The molecule has 5 heteroatoms. The third-order valence-electron chi connectivity index (χ3n) is 4.85. The van der Waals surface area contributed by atoms with Gasteiger partial charge >= 0.3 is 6.03 Å². The molecule has 1 aromatic rings. The van der Waals surface area contributed by atoms with Crippen LogP contribution in [0.2, 0.25) is 0 Å². The molecule has 2 heterocycles. The van der Waals surface area contributed by atoms with Crippen molar-refractivity contribution in [2.75, 3.05) is 26.2 Å². The lowest BCUT2D eigenvalue weighted by molar-refractivity contribution is -0.0545. The van der Waals surface area contributed by atoms with E-state index in [9.17, 15) is 4.79 Å².